The molecule has 0 N–H and O–H groups in total. The zero-order valence-corrected chi connectivity index (χ0v) is 28.2. The van der Waals surface area contributed by atoms with Crippen molar-refractivity contribution < 1.29 is 57.1 Å². The fourth-order valence-corrected chi connectivity index (χ4v) is 3.86. The van der Waals surface area contributed by atoms with Gasteiger partial charge in [0, 0.05) is 18.6 Å². The molecule has 0 aliphatic heterocycles. The minimum atomic E-state index is -0.453. The quantitative estimate of drug-likeness (QED) is 0.0428. The maximum Gasteiger partial charge on any atom is 0.305 e. The number of carbonyl (C=O) groups is 1. The molecular formula is C33H57NO13. The maximum absolute atomic E-state index is 11.7. The molecule has 0 aliphatic rings. The molecule has 0 heterocycles. The van der Waals surface area contributed by atoms with Crippen molar-refractivity contribution in [2.45, 2.75) is 51.9 Å². The van der Waals surface area contributed by atoms with Crippen LogP contribution in [0.25, 0.3) is 0 Å². The summed E-state index contributed by atoms with van der Waals surface area (Å²) in [5.41, 5.74) is 0.0242. The zero-order chi connectivity index (χ0) is 33.9. The van der Waals surface area contributed by atoms with Gasteiger partial charge in [-0.1, -0.05) is 39.0 Å². The third-order valence-electron chi connectivity index (χ3n) is 6.37. The molecule has 0 unspecified atom stereocenters. The standard InChI is InChI=1S/C33H57NO13/c1-2-3-4-5-6-7-8-33(35)47-30-28-45-26-24-43-22-20-41-18-16-39-14-13-38-15-17-40-19-21-42-23-25-44-27-29-46-32-11-9-31(10-12-32)34(36)37/h9-12H,2-8,13-30H2,1H3. The largest absolute Gasteiger partial charge is 0.491 e. The molecule has 14 heteroatoms. The van der Waals surface area contributed by atoms with E-state index in [2.05, 4.69) is 6.92 Å². The van der Waals surface area contributed by atoms with Crippen LogP contribution in [0.3, 0.4) is 0 Å². The molecule has 1 rings (SSSR count). The molecule has 0 bridgehead atoms. The smallest absolute Gasteiger partial charge is 0.305 e. The number of rotatable bonds is 36. The minimum absolute atomic E-state index is 0.0242. The van der Waals surface area contributed by atoms with E-state index in [0.29, 0.717) is 124 Å². The number of nitro benzene ring substituents is 1. The summed E-state index contributed by atoms with van der Waals surface area (Å²) in [5, 5.41) is 10.6. The highest BCUT2D eigenvalue weighted by molar-refractivity contribution is 5.69. The number of esters is 1. The summed E-state index contributed by atoms with van der Waals surface area (Å²) in [6, 6.07) is 5.90. The van der Waals surface area contributed by atoms with Crippen molar-refractivity contribution in [1.82, 2.24) is 0 Å². The van der Waals surface area contributed by atoms with Crippen LogP contribution in [0.2, 0.25) is 0 Å². The summed E-state index contributed by atoms with van der Waals surface area (Å²) in [7, 11) is 0. The van der Waals surface area contributed by atoms with Gasteiger partial charge in [-0.25, -0.2) is 0 Å². The van der Waals surface area contributed by atoms with Crippen LogP contribution < -0.4 is 4.74 Å². The van der Waals surface area contributed by atoms with Crippen molar-refractivity contribution in [3.8, 4) is 5.75 Å². The zero-order valence-electron chi connectivity index (χ0n) is 28.2. The van der Waals surface area contributed by atoms with Crippen LogP contribution in [0.4, 0.5) is 5.69 Å². The van der Waals surface area contributed by atoms with Gasteiger partial charge in [0.1, 0.15) is 19.0 Å². The van der Waals surface area contributed by atoms with Crippen molar-refractivity contribution in [3.63, 3.8) is 0 Å². The maximum atomic E-state index is 11.7. The lowest BCUT2D eigenvalue weighted by molar-refractivity contribution is -0.384. The van der Waals surface area contributed by atoms with Crippen LogP contribution >= 0.6 is 0 Å². The predicted molar refractivity (Wildman–Crippen MR) is 174 cm³/mol. The molecule has 0 radical (unpaired) electrons. The van der Waals surface area contributed by atoms with Crippen LogP contribution in [0.1, 0.15) is 51.9 Å². The second-order valence-corrected chi connectivity index (χ2v) is 10.2. The van der Waals surface area contributed by atoms with E-state index < -0.39 is 4.92 Å². The van der Waals surface area contributed by atoms with Gasteiger partial charge in [-0.05, 0) is 18.6 Å². The lowest BCUT2D eigenvalue weighted by Gasteiger charge is -2.09. The van der Waals surface area contributed by atoms with E-state index >= 15 is 0 Å². The van der Waals surface area contributed by atoms with Gasteiger partial charge in [0.2, 0.25) is 0 Å². The number of hydrogen-bond acceptors (Lipinski definition) is 13. The van der Waals surface area contributed by atoms with Gasteiger partial charge in [0.05, 0.1) is 111 Å². The topological polar surface area (TPSA) is 153 Å². The van der Waals surface area contributed by atoms with Crippen LogP contribution in [-0.2, 0) is 47.4 Å². The van der Waals surface area contributed by atoms with Gasteiger partial charge in [0.25, 0.3) is 5.69 Å². The number of carbonyl (C=O) groups excluding carboxylic acids is 1. The van der Waals surface area contributed by atoms with Gasteiger partial charge in [-0.2, -0.15) is 0 Å². The average molecular weight is 676 g/mol. The summed E-state index contributed by atoms with van der Waals surface area (Å²) < 4.78 is 54.2. The van der Waals surface area contributed by atoms with E-state index in [1.165, 1.54) is 37.8 Å². The third kappa shape index (κ3) is 29.4. The van der Waals surface area contributed by atoms with Gasteiger partial charge < -0.3 is 47.4 Å². The molecule has 0 fully saturated rings. The molecule has 14 nitrogen and oxygen atoms in total. The second kappa shape index (κ2) is 33.5. The van der Waals surface area contributed by atoms with Crippen molar-refractivity contribution >= 4 is 11.7 Å². The Hall–Kier alpha value is -2.43. The monoisotopic (exact) mass is 675 g/mol. The molecule has 0 aliphatic carbocycles. The Morgan fingerprint density at radius 2 is 0.894 bits per heavy atom. The predicted octanol–water partition coefficient (Wildman–Crippen LogP) is 4.40. The molecule has 0 saturated carbocycles. The van der Waals surface area contributed by atoms with Crippen molar-refractivity contribution in [2.75, 3.05) is 119 Å². The molecule has 0 amide bonds. The van der Waals surface area contributed by atoms with E-state index in [-0.39, 0.29) is 18.3 Å². The normalized spacial score (nSPS) is 11.2. The molecule has 0 spiro atoms. The Morgan fingerprint density at radius 3 is 1.30 bits per heavy atom. The van der Waals surface area contributed by atoms with Gasteiger partial charge in [-0.3, -0.25) is 14.9 Å². The first-order chi connectivity index (χ1) is 23.1. The number of benzene rings is 1. The molecule has 0 aromatic heterocycles. The van der Waals surface area contributed by atoms with E-state index in [0.717, 1.165) is 12.8 Å². The molecule has 1 aromatic rings. The first-order valence-corrected chi connectivity index (χ1v) is 16.8. The Kier molecular flexibility index (Phi) is 30.3. The molecule has 0 atom stereocenters. The van der Waals surface area contributed by atoms with Crippen LogP contribution in [0.5, 0.6) is 5.75 Å². The van der Waals surface area contributed by atoms with Gasteiger partial charge in [0.15, 0.2) is 0 Å². The summed E-state index contributed by atoms with van der Waals surface area (Å²) in [6.45, 7) is 10.1. The highest BCUT2D eigenvalue weighted by Crippen LogP contribution is 2.17. The van der Waals surface area contributed by atoms with Crippen LogP contribution in [0.15, 0.2) is 24.3 Å². The fraction of sp³-hybridized carbons (Fsp3) is 0.788. The summed E-state index contributed by atoms with van der Waals surface area (Å²) in [4.78, 5) is 21.8. The minimum Gasteiger partial charge on any atom is -0.491 e. The molecule has 1 aromatic carbocycles. The summed E-state index contributed by atoms with van der Waals surface area (Å²) in [5.74, 6) is 0.404. The second-order valence-electron chi connectivity index (χ2n) is 10.2. The number of non-ortho nitro benzene ring substituents is 1. The Labute approximate surface area is 279 Å². The molecule has 272 valence electrons. The number of ether oxygens (including phenoxy) is 10. The highest BCUT2D eigenvalue weighted by atomic mass is 16.6. The first kappa shape index (κ1) is 42.6. The lowest BCUT2D eigenvalue weighted by atomic mass is 10.1. The number of nitro groups is 1. The van der Waals surface area contributed by atoms with Gasteiger partial charge >= 0.3 is 5.97 Å². The summed E-state index contributed by atoms with van der Waals surface area (Å²) >= 11 is 0. The molecular weight excluding hydrogens is 618 g/mol. The third-order valence-corrected chi connectivity index (χ3v) is 6.37. The van der Waals surface area contributed by atoms with E-state index in [1.807, 2.05) is 0 Å². The molecule has 0 saturated heterocycles. The highest BCUT2D eigenvalue weighted by Gasteiger charge is 2.05. The fourth-order valence-electron chi connectivity index (χ4n) is 3.86. The lowest BCUT2D eigenvalue weighted by Crippen LogP contribution is -2.15. The van der Waals surface area contributed by atoms with Crippen molar-refractivity contribution in [2.24, 2.45) is 0 Å². The van der Waals surface area contributed by atoms with E-state index in [1.54, 1.807) is 12.1 Å². The van der Waals surface area contributed by atoms with Crippen LogP contribution in [-0.4, -0.2) is 130 Å². The van der Waals surface area contributed by atoms with E-state index in [4.69, 9.17) is 47.4 Å². The average Bonchev–Trinajstić information content (AvgIpc) is 3.07. The Bertz CT molecular complexity index is 844. The first-order valence-electron chi connectivity index (χ1n) is 16.8. The number of hydrogen-bond donors (Lipinski definition) is 0. The summed E-state index contributed by atoms with van der Waals surface area (Å²) in [6.07, 6.45) is 7.38. The number of nitrogens with zero attached hydrogens (tertiary/aromatic N) is 1. The van der Waals surface area contributed by atoms with Gasteiger partial charge in [-0.15, -0.1) is 0 Å². The molecule has 47 heavy (non-hydrogen) atoms. The van der Waals surface area contributed by atoms with Crippen molar-refractivity contribution in [1.29, 1.82) is 0 Å². The Balaban J connectivity index is 1.67. The SMILES string of the molecule is CCCCCCCCC(=O)OCCOCCOCCOCCOCCOCCOCCOCCOCCOc1ccc([N+](=O)[O-])cc1. The Morgan fingerprint density at radius 1 is 0.532 bits per heavy atom. The number of unbranched alkanes of at least 4 members (excludes halogenated alkanes) is 5. The van der Waals surface area contributed by atoms with Crippen LogP contribution in [0, 0.1) is 10.1 Å². The van der Waals surface area contributed by atoms with Crippen molar-refractivity contribution in [3.05, 3.63) is 34.4 Å². The van der Waals surface area contributed by atoms with E-state index in [9.17, 15) is 14.9 Å².